The first-order valence-electron chi connectivity index (χ1n) is 4.28. The summed E-state index contributed by atoms with van der Waals surface area (Å²) in [5.74, 6) is 0.622. The third kappa shape index (κ3) is 1.80. The smallest absolute Gasteiger partial charge is 0.119 e. The van der Waals surface area contributed by atoms with Gasteiger partial charge in [0.15, 0.2) is 0 Å². The molecule has 1 aromatic carbocycles. The van der Waals surface area contributed by atoms with Crippen LogP contribution in [0.3, 0.4) is 0 Å². The Labute approximate surface area is 91.1 Å². The Hall–Kier alpha value is -1.29. The zero-order valence-electron chi connectivity index (χ0n) is 7.52. The molecule has 0 unspecified atom stereocenters. The number of anilines is 1. The predicted molar refractivity (Wildman–Crippen MR) is 62.4 cm³/mol. The molecule has 1 aliphatic rings. The molecule has 1 aromatic rings. The van der Waals surface area contributed by atoms with E-state index in [1.54, 1.807) is 6.20 Å². The summed E-state index contributed by atoms with van der Waals surface area (Å²) >= 11 is 3.44. The lowest BCUT2D eigenvalue weighted by molar-refractivity contribution is 1.06. The molecular weight excluding hydrogens is 242 g/mol. The lowest BCUT2D eigenvalue weighted by Crippen LogP contribution is -2.34. The van der Waals surface area contributed by atoms with E-state index in [2.05, 4.69) is 25.8 Å². The SMILES string of the molecule is NC1=NC=C(Br)N(c2ccccc2)C1. The largest absolute Gasteiger partial charge is 0.386 e. The first kappa shape index (κ1) is 9.27. The molecule has 0 aliphatic carbocycles. The van der Waals surface area contributed by atoms with Gasteiger partial charge in [-0.3, -0.25) is 0 Å². The maximum atomic E-state index is 5.67. The zero-order valence-corrected chi connectivity index (χ0v) is 9.11. The number of nitrogens with two attached hydrogens (primary N) is 1. The Kier molecular flexibility index (Phi) is 2.54. The third-order valence-electron chi connectivity index (χ3n) is 1.98. The van der Waals surface area contributed by atoms with Crippen molar-refractivity contribution in [3.8, 4) is 0 Å². The number of nitrogens with zero attached hydrogens (tertiary/aromatic N) is 2. The number of hydrogen-bond acceptors (Lipinski definition) is 3. The van der Waals surface area contributed by atoms with Crippen LogP contribution in [0.25, 0.3) is 0 Å². The van der Waals surface area contributed by atoms with Crippen molar-refractivity contribution < 1.29 is 0 Å². The van der Waals surface area contributed by atoms with Crippen LogP contribution in [-0.2, 0) is 0 Å². The van der Waals surface area contributed by atoms with Crippen molar-refractivity contribution in [2.24, 2.45) is 10.7 Å². The standard InChI is InChI=1S/C10H10BrN3/c11-9-6-13-10(12)7-14(9)8-4-2-1-3-5-8/h1-6H,7H2,(H2,12,13). The van der Waals surface area contributed by atoms with Crippen molar-refractivity contribution in [1.82, 2.24) is 0 Å². The number of rotatable bonds is 1. The van der Waals surface area contributed by atoms with Crippen molar-refractivity contribution in [2.75, 3.05) is 11.4 Å². The number of halogens is 1. The van der Waals surface area contributed by atoms with Crippen molar-refractivity contribution in [2.45, 2.75) is 0 Å². The van der Waals surface area contributed by atoms with Crippen LogP contribution in [0.5, 0.6) is 0 Å². The molecule has 0 saturated carbocycles. The van der Waals surface area contributed by atoms with Crippen LogP contribution >= 0.6 is 15.9 Å². The number of aliphatic imine (C=N–C) groups is 1. The molecule has 0 amide bonds. The zero-order chi connectivity index (χ0) is 9.97. The monoisotopic (exact) mass is 251 g/mol. The molecule has 0 bridgehead atoms. The van der Waals surface area contributed by atoms with Gasteiger partial charge in [0, 0.05) is 5.69 Å². The summed E-state index contributed by atoms with van der Waals surface area (Å²) in [6, 6.07) is 10.1. The minimum absolute atomic E-state index is 0.622. The molecule has 72 valence electrons. The molecular formula is C10H10BrN3. The lowest BCUT2D eigenvalue weighted by atomic mass is 10.3. The highest BCUT2D eigenvalue weighted by atomic mass is 79.9. The van der Waals surface area contributed by atoms with Gasteiger partial charge in [-0.25, -0.2) is 4.99 Å². The predicted octanol–water partition coefficient (Wildman–Crippen LogP) is 2.06. The molecule has 0 atom stereocenters. The van der Waals surface area contributed by atoms with E-state index in [1.165, 1.54) is 0 Å². The number of hydrogen-bond donors (Lipinski definition) is 1. The Morgan fingerprint density at radius 3 is 2.71 bits per heavy atom. The first-order chi connectivity index (χ1) is 6.77. The van der Waals surface area contributed by atoms with Gasteiger partial charge in [0.2, 0.25) is 0 Å². The third-order valence-corrected chi connectivity index (χ3v) is 2.62. The fraction of sp³-hybridized carbons (Fsp3) is 0.100. The van der Waals surface area contributed by atoms with Crippen LogP contribution in [0.4, 0.5) is 5.69 Å². The summed E-state index contributed by atoms with van der Waals surface area (Å²) in [4.78, 5) is 6.09. The van der Waals surface area contributed by atoms with Crippen molar-refractivity contribution in [3.63, 3.8) is 0 Å². The fourth-order valence-corrected chi connectivity index (χ4v) is 1.74. The molecule has 0 spiro atoms. The van der Waals surface area contributed by atoms with Gasteiger partial charge in [-0.15, -0.1) is 0 Å². The van der Waals surface area contributed by atoms with Gasteiger partial charge >= 0.3 is 0 Å². The second-order valence-corrected chi connectivity index (χ2v) is 3.81. The molecule has 0 aromatic heterocycles. The van der Waals surface area contributed by atoms with Crippen molar-refractivity contribution in [3.05, 3.63) is 41.1 Å². The van der Waals surface area contributed by atoms with E-state index in [-0.39, 0.29) is 0 Å². The van der Waals surface area contributed by atoms with E-state index < -0.39 is 0 Å². The van der Waals surface area contributed by atoms with Crippen molar-refractivity contribution >= 4 is 27.5 Å². The number of benzene rings is 1. The molecule has 1 heterocycles. The number of amidine groups is 1. The average molecular weight is 252 g/mol. The second-order valence-electron chi connectivity index (χ2n) is 2.99. The summed E-state index contributed by atoms with van der Waals surface area (Å²) in [7, 11) is 0. The Balaban J connectivity index is 2.30. The van der Waals surface area contributed by atoms with Gasteiger partial charge in [-0.1, -0.05) is 18.2 Å². The van der Waals surface area contributed by atoms with E-state index >= 15 is 0 Å². The van der Waals surface area contributed by atoms with E-state index in [1.807, 2.05) is 30.3 Å². The molecule has 2 rings (SSSR count). The Morgan fingerprint density at radius 1 is 1.29 bits per heavy atom. The average Bonchev–Trinajstić information content (AvgIpc) is 2.23. The van der Waals surface area contributed by atoms with Crippen molar-refractivity contribution in [1.29, 1.82) is 0 Å². The number of para-hydroxylation sites is 1. The maximum absolute atomic E-state index is 5.67. The summed E-state index contributed by atoms with van der Waals surface area (Å²) < 4.78 is 0.929. The van der Waals surface area contributed by atoms with Crippen LogP contribution in [-0.4, -0.2) is 12.4 Å². The van der Waals surface area contributed by atoms with Gasteiger partial charge in [0.1, 0.15) is 10.4 Å². The van der Waals surface area contributed by atoms with Gasteiger partial charge < -0.3 is 10.6 Å². The van der Waals surface area contributed by atoms with Crippen LogP contribution < -0.4 is 10.6 Å². The molecule has 2 N–H and O–H groups in total. The van der Waals surface area contributed by atoms with E-state index in [0.717, 1.165) is 10.3 Å². The molecule has 3 nitrogen and oxygen atoms in total. The topological polar surface area (TPSA) is 41.6 Å². The minimum atomic E-state index is 0.622. The van der Waals surface area contributed by atoms with Crippen LogP contribution in [0, 0.1) is 0 Å². The molecule has 0 radical (unpaired) electrons. The highest BCUT2D eigenvalue weighted by Gasteiger charge is 2.14. The van der Waals surface area contributed by atoms with E-state index in [9.17, 15) is 0 Å². The Morgan fingerprint density at radius 2 is 2.00 bits per heavy atom. The second kappa shape index (κ2) is 3.84. The van der Waals surface area contributed by atoms with Gasteiger partial charge in [0.25, 0.3) is 0 Å². The maximum Gasteiger partial charge on any atom is 0.119 e. The summed E-state index contributed by atoms with van der Waals surface area (Å²) in [5, 5.41) is 0. The molecule has 4 heteroatoms. The fourth-order valence-electron chi connectivity index (χ4n) is 1.31. The van der Waals surface area contributed by atoms with Gasteiger partial charge in [-0.2, -0.15) is 0 Å². The lowest BCUT2D eigenvalue weighted by Gasteiger charge is -2.25. The van der Waals surface area contributed by atoms with Crippen LogP contribution in [0.2, 0.25) is 0 Å². The molecule has 14 heavy (non-hydrogen) atoms. The highest BCUT2D eigenvalue weighted by molar-refractivity contribution is 9.11. The van der Waals surface area contributed by atoms with Gasteiger partial charge in [-0.05, 0) is 28.1 Å². The van der Waals surface area contributed by atoms with E-state index in [0.29, 0.717) is 12.4 Å². The van der Waals surface area contributed by atoms with Crippen LogP contribution in [0.15, 0.2) is 46.1 Å². The summed E-state index contributed by atoms with van der Waals surface area (Å²) in [5.41, 5.74) is 6.77. The van der Waals surface area contributed by atoms with E-state index in [4.69, 9.17) is 5.73 Å². The normalized spacial score (nSPS) is 16.2. The Bertz CT molecular complexity index is 384. The molecule has 0 fully saturated rings. The molecule has 1 aliphatic heterocycles. The molecule has 0 saturated heterocycles. The first-order valence-corrected chi connectivity index (χ1v) is 5.07. The highest BCUT2D eigenvalue weighted by Crippen LogP contribution is 2.23. The minimum Gasteiger partial charge on any atom is -0.386 e. The summed E-state index contributed by atoms with van der Waals surface area (Å²) in [6.45, 7) is 0.626. The summed E-state index contributed by atoms with van der Waals surface area (Å²) in [6.07, 6.45) is 1.71. The quantitative estimate of drug-likeness (QED) is 0.777. The van der Waals surface area contributed by atoms with Gasteiger partial charge in [0.05, 0.1) is 12.7 Å². The van der Waals surface area contributed by atoms with Crippen LogP contribution in [0.1, 0.15) is 0 Å².